The van der Waals surface area contributed by atoms with Crippen molar-refractivity contribution in [2.45, 2.75) is 12.2 Å². The minimum Gasteiger partial charge on any atom is -0.507 e. The second-order valence-electron chi connectivity index (χ2n) is 7.57. The van der Waals surface area contributed by atoms with Crippen molar-refractivity contribution >= 4 is 28.8 Å². The zero-order valence-electron chi connectivity index (χ0n) is 17.5. The van der Waals surface area contributed by atoms with Gasteiger partial charge in [0.25, 0.3) is 17.4 Å². The summed E-state index contributed by atoms with van der Waals surface area (Å²) in [7, 11) is 0. The van der Waals surface area contributed by atoms with Crippen molar-refractivity contribution in [1.82, 2.24) is 0 Å². The molecule has 11 heteroatoms. The van der Waals surface area contributed by atoms with Gasteiger partial charge in [-0.25, -0.2) is 4.39 Å². The molecule has 0 bridgehead atoms. The molecule has 0 radical (unpaired) electrons. The zero-order valence-corrected chi connectivity index (χ0v) is 17.5. The Balaban J connectivity index is 1.92. The topological polar surface area (TPSA) is 101 Å². The fourth-order valence-corrected chi connectivity index (χ4v) is 3.79. The van der Waals surface area contributed by atoms with Crippen LogP contribution in [0.15, 0.2) is 78.4 Å². The van der Waals surface area contributed by atoms with E-state index in [1.54, 1.807) is 0 Å². The zero-order chi connectivity index (χ0) is 25.5. The van der Waals surface area contributed by atoms with E-state index in [4.69, 9.17) is 0 Å². The summed E-state index contributed by atoms with van der Waals surface area (Å²) in [6.07, 6.45) is -4.73. The van der Waals surface area contributed by atoms with Gasteiger partial charge in [0.1, 0.15) is 11.6 Å². The lowest BCUT2D eigenvalue weighted by Gasteiger charge is -2.26. The van der Waals surface area contributed by atoms with Gasteiger partial charge in [-0.15, -0.1) is 0 Å². The Morgan fingerprint density at radius 1 is 0.971 bits per heavy atom. The van der Waals surface area contributed by atoms with Gasteiger partial charge in [-0.1, -0.05) is 18.2 Å². The first-order valence-electron chi connectivity index (χ1n) is 9.97. The normalized spacial score (nSPS) is 17.6. The average molecular weight is 486 g/mol. The summed E-state index contributed by atoms with van der Waals surface area (Å²) in [5.74, 6) is -3.73. The van der Waals surface area contributed by atoms with Crippen molar-refractivity contribution in [2.24, 2.45) is 0 Å². The molecule has 35 heavy (non-hydrogen) atoms. The molecule has 1 aliphatic heterocycles. The summed E-state index contributed by atoms with van der Waals surface area (Å²) in [4.78, 5) is 37.0. The van der Waals surface area contributed by atoms with Crippen molar-refractivity contribution < 1.29 is 37.2 Å². The second kappa shape index (κ2) is 8.67. The number of nitro benzene ring substituents is 1. The Bertz CT molecular complexity index is 1370. The molecule has 4 rings (SSSR count). The van der Waals surface area contributed by atoms with E-state index in [1.165, 1.54) is 18.2 Å². The molecule has 1 N–H and O–H groups in total. The molecule has 0 aliphatic carbocycles. The molecule has 0 saturated carbocycles. The molecule has 0 spiro atoms. The van der Waals surface area contributed by atoms with Crippen LogP contribution in [0.2, 0.25) is 0 Å². The van der Waals surface area contributed by atoms with Crippen LogP contribution in [0.3, 0.4) is 0 Å². The number of alkyl halides is 3. The van der Waals surface area contributed by atoms with Crippen molar-refractivity contribution in [3.63, 3.8) is 0 Å². The lowest BCUT2D eigenvalue weighted by molar-refractivity contribution is -0.384. The summed E-state index contributed by atoms with van der Waals surface area (Å²) in [6.45, 7) is 0. The number of nitrogens with zero attached hydrogens (tertiary/aromatic N) is 2. The molecule has 1 aliphatic rings. The molecule has 0 aromatic heterocycles. The molecule has 3 aromatic carbocycles. The quantitative estimate of drug-likeness (QED) is 0.133. The van der Waals surface area contributed by atoms with Crippen LogP contribution in [0.25, 0.3) is 5.76 Å². The number of ketones is 1. The number of halogens is 4. The first kappa shape index (κ1) is 23.6. The first-order valence-corrected chi connectivity index (χ1v) is 9.97. The van der Waals surface area contributed by atoms with E-state index in [2.05, 4.69) is 0 Å². The van der Waals surface area contributed by atoms with Crippen LogP contribution >= 0.6 is 0 Å². The predicted molar refractivity (Wildman–Crippen MR) is 116 cm³/mol. The number of rotatable bonds is 4. The molecule has 3 aromatic rings. The lowest BCUT2D eigenvalue weighted by Crippen LogP contribution is -2.29. The molecule has 1 saturated heterocycles. The van der Waals surface area contributed by atoms with Gasteiger partial charge in [0.15, 0.2) is 0 Å². The van der Waals surface area contributed by atoms with E-state index < -0.39 is 51.5 Å². The summed E-state index contributed by atoms with van der Waals surface area (Å²) in [5, 5.41) is 21.8. The maximum Gasteiger partial charge on any atom is 0.416 e. The summed E-state index contributed by atoms with van der Waals surface area (Å²) in [6, 6.07) is 11.4. The van der Waals surface area contributed by atoms with Crippen LogP contribution in [-0.2, 0) is 15.8 Å². The molecule has 178 valence electrons. The number of hydrogen-bond acceptors (Lipinski definition) is 5. The highest BCUT2D eigenvalue weighted by atomic mass is 19.4. The number of amides is 1. The van der Waals surface area contributed by atoms with Crippen LogP contribution in [0.4, 0.5) is 28.9 Å². The van der Waals surface area contributed by atoms with Crippen LogP contribution in [0.5, 0.6) is 0 Å². The van der Waals surface area contributed by atoms with Gasteiger partial charge >= 0.3 is 6.18 Å². The number of carbonyl (C=O) groups excluding carboxylic acids is 2. The number of aliphatic hydroxyl groups excluding tert-OH is 1. The van der Waals surface area contributed by atoms with E-state index in [0.29, 0.717) is 6.07 Å². The Labute approximate surface area is 194 Å². The minimum atomic E-state index is -4.73. The van der Waals surface area contributed by atoms with E-state index >= 15 is 0 Å². The fraction of sp³-hybridized carbons (Fsp3) is 0.0833. The highest BCUT2D eigenvalue weighted by Gasteiger charge is 2.47. The molecular weight excluding hydrogens is 472 g/mol. The SMILES string of the molecule is O=C1C(=O)N(c2cccc(C(F)(F)F)c2)C(c2ccc(F)cc2)C1=C(O)c1ccc([N+](=O)[O-])cc1. The van der Waals surface area contributed by atoms with Gasteiger partial charge in [0.05, 0.1) is 22.1 Å². The number of aliphatic hydroxyl groups is 1. The highest BCUT2D eigenvalue weighted by molar-refractivity contribution is 6.51. The molecule has 1 amide bonds. The molecule has 1 heterocycles. The third-order valence-electron chi connectivity index (χ3n) is 5.43. The molecule has 1 unspecified atom stereocenters. The smallest absolute Gasteiger partial charge is 0.416 e. The van der Waals surface area contributed by atoms with Crippen LogP contribution in [0.1, 0.15) is 22.7 Å². The maximum atomic E-state index is 13.6. The minimum absolute atomic E-state index is 0.0373. The van der Waals surface area contributed by atoms with Crippen molar-refractivity contribution in [2.75, 3.05) is 4.90 Å². The van der Waals surface area contributed by atoms with E-state index in [-0.39, 0.29) is 22.5 Å². The monoisotopic (exact) mass is 486 g/mol. The maximum absolute atomic E-state index is 13.6. The molecular formula is C24H14F4N2O5. The third kappa shape index (κ3) is 4.35. The number of hydrogen-bond donors (Lipinski definition) is 1. The average Bonchev–Trinajstić information content (AvgIpc) is 3.09. The van der Waals surface area contributed by atoms with Gasteiger partial charge in [-0.2, -0.15) is 13.2 Å². The van der Waals surface area contributed by atoms with Crippen molar-refractivity contribution in [3.05, 3.63) is 111 Å². The third-order valence-corrected chi connectivity index (χ3v) is 5.43. The predicted octanol–water partition coefficient (Wildman–Crippen LogP) is 5.38. The molecule has 7 nitrogen and oxygen atoms in total. The van der Waals surface area contributed by atoms with Crippen LogP contribution in [-0.4, -0.2) is 21.7 Å². The van der Waals surface area contributed by atoms with Crippen molar-refractivity contribution in [3.8, 4) is 0 Å². The Morgan fingerprint density at radius 3 is 2.17 bits per heavy atom. The highest BCUT2D eigenvalue weighted by Crippen LogP contribution is 2.43. The van der Waals surface area contributed by atoms with E-state index in [0.717, 1.165) is 53.4 Å². The second-order valence-corrected chi connectivity index (χ2v) is 7.57. The largest absolute Gasteiger partial charge is 0.507 e. The number of non-ortho nitro benzene ring substituents is 1. The fourth-order valence-electron chi connectivity index (χ4n) is 3.79. The standard InChI is InChI=1S/C24H14F4N2O5/c25-16-8-4-13(5-9-16)20-19(21(31)14-6-10-17(11-7-14)30(34)35)22(32)23(33)29(20)18-3-1-2-15(12-18)24(26,27)28/h1-12,20,31H. The number of Topliss-reactive ketones (excluding diaryl/α,β-unsaturated/α-hetero) is 1. The van der Waals surface area contributed by atoms with E-state index in [9.17, 15) is 42.4 Å². The summed E-state index contributed by atoms with van der Waals surface area (Å²) < 4.78 is 53.5. The lowest BCUT2D eigenvalue weighted by atomic mass is 9.95. The van der Waals surface area contributed by atoms with Gasteiger partial charge in [-0.3, -0.25) is 24.6 Å². The van der Waals surface area contributed by atoms with Gasteiger partial charge in [-0.05, 0) is 48.0 Å². The van der Waals surface area contributed by atoms with Crippen LogP contribution in [0, 0.1) is 15.9 Å². The molecule has 1 atom stereocenters. The Morgan fingerprint density at radius 2 is 1.60 bits per heavy atom. The number of nitro groups is 1. The van der Waals surface area contributed by atoms with Gasteiger partial charge < -0.3 is 5.11 Å². The van der Waals surface area contributed by atoms with Gasteiger partial charge in [0.2, 0.25) is 0 Å². The summed E-state index contributed by atoms with van der Waals surface area (Å²) in [5.41, 5.74) is -1.98. The van der Waals surface area contributed by atoms with Gasteiger partial charge in [0, 0.05) is 23.4 Å². The molecule has 1 fully saturated rings. The first-order chi connectivity index (χ1) is 16.5. The van der Waals surface area contributed by atoms with E-state index in [1.807, 2.05) is 0 Å². The summed E-state index contributed by atoms with van der Waals surface area (Å²) >= 11 is 0. The number of anilines is 1. The number of benzene rings is 3. The van der Waals surface area contributed by atoms with Crippen LogP contribution < -0.4 is 4.90 Å². The Hall–Kier alpha value is -4.54. The Kier molecular flexibility index (Phi) is 5.85. The van der Waals surface area contributed by atoms with Crippen molar-refractivity contribution in [1.29, 1.82) is 0 Å². The number of carbonyl (C=O) groups is 2.